The van der Waals surface area contributed by atoms with E-state index < -0.39 is 5.82 Å². The fraction of sp³-hybridized carbons (Fsp3) is 0.222. The molecule has 122 valence electrons. The Balaban J connectivity index is 2.24. The van der Waals surface area contributed by atoms with E-state index in [1.54, 1.807) is 19.2 Å². The molecular weight excluding hydrogens is 329 g/mol. The van der Waals surface area contributed by atoms with Crippen molar-refractivity contribution in [1.82, 2.24) is 9.55 Å². The summed E-state index contributed by atoms with van der Waals surface area (Å²) in [5, 5.41) is 10.0. The summed E-state index contributed by atoms with van der Waals surface area (Å²) >= 11 is 5.78. The Bertz CT molecular complexity index is 945. The van der Waals surface area contributed by atoms with Gasteiger partial charge in [0.25, 0.3) is 0 Å². The van der Waals surface area contributed by atoms with Crippen LogP contribution in [-0.4, -0.2) is 23.3 Å². The van der Waals surface area contributed by atoms with Crippen LogP contribution < -0.4 is 0 Å². The van der Waals surface area contributed by atoms with Crippen LogP contribution in [0.3, 0.4) is 0 Å². The second kappa shape index (κ2) is 6.60. The van der Waals surface area contributed by atoms with Crippen LogP contribution in [0.2, 0.25) is 5.02 Å². The third kappa shape index (κ3) is 2.86. The van der Waals surface area contributed by atoms with Crippen molar-refractivity contribution >= 4 is 22.6 Å². The lowest BCUT2D eigenvalue weighted by Gasteiger charge is -2.13. The second-order valence-corrected chi connectivity index (χ2v) is 5.97. The van der Waals surface area contributed by atoms with Crippen molar-refractivity contribution in [2.45, 2.75) is 13.0 Å². The van der Waals surface area contributed by atoms with Crippen LogP contribution in [0, 0.1) is 17.1 Å². The van der Waals surface area contributed by atoms with Crippen molar-refractivity contribution in [2.75, 3.05) is 13.7 Å². The molecule has 0 saturated carbocycles. The molecule has 0 N–H and O–H groups in total. The number of aromatic nitrogens is 2. The van der Waals surface area contributed by atoms with Crippen LogP contribution in [-0.2, 0) is 4.74 Å². The molecule has 0 aliphatic carbocycles. The molecule has 3 aromatic rings. The maximum Gasteiger partial charge on any atom is 0.142 e. The number of nitriles is 1. The van der Waals surface area contributed by atoms with E-state index in [0.29, 0.717) is 23.5 Å². The zero-order chi connectivity index (χ0) is 17.3. The molecule has 0 spiro atoms. The smallest absolute Gasteiger partial charge is 0.142 e. The molecule has 0 saturated heterocycles. The predicted octanol–water partition coefficient (Wildman–Crippen LogP) is 4.57. The summed E-state index contributed by atoms with van der Waals surface area (Å²) in [4.78, 5) is 4.41. The van der Waals surface area contributed by atoms with E-state index in [-0.39, 0.29) is 11.1 Å². The van der Waals surface area contributed by atoms with Gasteiger partial charge in [-0.25, -0.2) is 9.37 Å². The lowest BCUT2D eigenvalue weighted by Crippen LogP contribution is -2.10. The van der Waals surface area contributed by atoms with Gasteiger partial charge in [-0.3, -0.25) is 0 Å². The average molecular weight is 344 g/mol. The van der Waals surface area contributed by atoms with Crippen molar-refractivity contribution in [3.8, 4) is 17.2 Å². The van der Waals surface area contributed by atoms with E-state index >= 15 is 0 Å². The molecule has 2 aromatic heterocycles. The first-order chi connectivity index (χ1) is 11.5. The summed E-state index contributed by atoms with van der Waals surface area (Å²) in [5.74, 6) is -0.471. The van der Waals surface area contributed by atoms with Crippen molar-refractivity contribution < 1.29 is 9.13 Å². The van der Waals surface area contributed by atoms with Crippen molar-refractivity contribution in [2.24, 2.45) is 0 Å². The summed E-state index contributed by atoms with van der Waals surface area (Å²) in [6.07, 6.45) is 1.91. The molecular formula is C18H15ClFN3O. The lowest BCUT2D eigenvalue weighted by molar-refractivity contribution is 0.164. The summed E-state index contributed by atoms with van der Waals surface area (Å²) in [5.41, 5.74) is 2.54. The van der Waals surface area contributed by atoms with Crippen LogP contribution in [0.4, 0.5) is 4.39 Å². The highest BCUT2D eigenvalue weighted by Gasteiger charge is 2.17. The molecule has 24 heavy (non-hydrogen) atoms. The van der Waals surface area contributed by atoms with Gasteiger partial charge in [0.1, 0.15) is 23.2 Å². The molecule has 0 bridgehead atoms. The SMILES string of the molecule is COC[C@@H](C)n1cc(-c2ccc(Cl)c(F)c2)c2ccc(C#N)nc21. The number of nitrogens with zero attached hydrogens (tertiary/aromatic N) is 3. The highest BCUT2D eigenvalue weighted by molar-refractivity contribution is 6.30. The molecule has 0 unspecified atom stereocenters. The van der Waals surface area contributed by atoms with Gasteiger partial charge >= 0.3 is 0 Å². The van der Waals surface area contributed by atoms with E-state index in [2.05, 4.69) is 4.98 Å². The Kier molecular flexibility index (Phi) is 4.52. The third-order valence-electron chi connectivity index (χ3n) is 3.91. The van der Waals surface area contributed by atoms with E-state index in [1.165, 1.54) is 12.1 Å². The van der Waals surface area contributed by atoms with E-state index in [9.17, 15) is 4.39 Å². The fourth-order valence-electron chi connectivity index (χ4n) is 2.74. The Morgan fingerprint density at radius 1 is 1.38 bits per heavy atom. The molecule has 4 nitrogen and oxygen atoms in total. The van der Waals surface area contributed by atoms with Crippen LogP contribution in [0.5, 0.6) is 0 Å². The number of ether oxygens (including phenoxy) is 1. The number of hydrogen-bond acceptors (Lipinski definition) is 3. The summed E-state index contributed by atoms with van der Waals surface area (Å²) in [6.45, 7) is 2.49. The van der Waals surface area contributed by atoms with Crippen molar-refractivity contribution in [1.29, 1.82) is 5.26 Å². The largest absolute Gasteiger partial charge is 0.383 e. The monoisotopic (exact) mass is 343 g/mol. The number of methoxy groups -OCH3 is 1. The van der Waals surface area contributed by atoms with E-state index in [4.69, 9.17) is 21.6 Å². The van der Waals surface area contributed by atoms with Crippen molar-refractivity contribution in [3.05, 3.63) is 53.1 Å². The Morgan fingerprint density at radius 3 is 2.83 bits per heavy atom. The van der Waals surface area contributed by atoms with Gasteiger partial charge in [-0.05, 0) is 36.8 Å². The van der Waals surface area contributed by atoms with E-state index in [0.717, 1.165) is 10.9 Å². The number of rotatable bonds is 4. The number of hydrogen-bond donors (Lipinski definition) is 0. The average Bonchev–Trinajstić information content (AvgIpc) is 2.96. The molecule has 0 radical (unpaired) electrons. The van der Waals surface area contributed by atoms with Gasteiger partial charge in [-0.2, -0.15) is 5.26 Å². The molecule has 3 rings (SSSR count). The van der Waals surface area contributed by atoms with Crippen LogP contribution >= 0.6 is 11.6 Å². The minimum atomic E-state index is -0.471. The highest BCUT2D eigenvalue weighted by Crippen LogP contribution is 2.33. The third-order valence-corrected chi connectivity index (χ3v) is 4.21. The number of halogens is 2. The molecule has 0 amide bonds. The number of fused-ring (bicyclic) bond motifs is 1. The molecule has 1 atom stereocenters. The van der Waals surface area contributed by atoms with Gasteiger partial charge in [-0.1, -0.05) is 17.7 Å². The topological polar surface area (TPSA) is 50.8 Å². The first-order valence-electron chi connectivity index (χ1n) is 7.41. The molecule has 0 fully saturated rings. The minimum absolute atomic E-state index is 0.0184. The molecule has 0 aliphatic rings. The van der Waals surface area contributed by atoms with E-state index in [1.807, 2.05) is 29.8 Å². The van der Waals surface area contributed by atoms with Crippen LogP contribution in [0.1, 0.15) is 18.7 Å². The van der Waals surface area contributed by atoms with Gasteiger partial charge < -0.3 is 9.30 Å². The fourth-order valence-corrected chi connectivity index (χ4v) is 2.86. The van der Waals surface area contributed by atoms with Gasteiger partial charge in [0, 0.05) is 24.3 Å². The summed E-state index contributed by atoms with van der Waals surface area (Å²) in [7, 11) is 1.63. The molecule has 6 heteroatoms. The molecule has 0 aliphatic heterocycles. The Morgan fingerprint density at radius 2 is 2.17 bits per heavy atom. The van der Waals surface area contributed by atoms with Gasteiger partial charge in [0.15, 0.2) is 0 Å². The van der Waals surface area contributed by atoms with Gasteiger partial charge in [0.05, 0.1) is 17.7 Å². The first-order valence-corrected chi connectivity index (χ1v) is 7.79. The zero-order valence-corrected chi connectivity index (χ0v) is 14.0. The second-order valence-electron chi connectivity index (χ2n) is 5.56. The Labute approximate surface area is 144 Å². The predicted molar refractivity (Wildman–Crippen MR) is 91.4 cm³/mol. The quantitative estimate of drug-likeness (QED) is 0.697. The number of benzene rings is 1. The van der Waals surface area contributed by atoms with Gasteiger partial charge in [-0.15, -0.1) is 0 Å². The Hall–Kier alpha value is -2.42. The lowest BCUT2D eigenvalue weighted by atomic mass is 10.1. The molecule has 1 aromatic carbocycles. The van der Waals surface area contributed by atoms with Crippen molar-refractivity contribution in [3.63, 3.8) is 0 Å². The minimum Gasteiger partial charge on any atom is -0.383 e. The van der Waals surface area contributed by atoms with Crippen LogP contribution in [0.25, 0.3) is 22.2 Å². The zero-order valence-electron chi connectivity index (χ0n) is 13.3. The standard InChI is InChI=1S/C18H15ClFN3O/c1-11(10-24-2)23-9-15(12-3-6-16(19)17(20)7-12)14-5-4-13(8-21)22-18(14)23/h3-7,9,11H,10H2,1-2H3/t11-/m1/s1. The summed E-state index contributed by atoms with van der Waals surface area (Å²) < 4.78 is 21.0. The summed E-state index contributed by atoms with van der Waals surface area (Å²) in [6, 6.07) is 10.3. The van der Waals surface area contributed by atoms with Gasteiger partial charge in [0.2, 0.25) is 0 Å². The first kappa shape index (κ1) is 16.4. The number of pyridine rings is 1. The van der Waals surface area contributed by atoms with Crippen LogP contribution in [0.15, 0.2) is 36.5 Å². The molecule has 2 heterocycles. The normalized spacial score (nSPS) is 12.3. The highest BCUT2D eigenvalue weighted by atomic mass is 35.5. The maximum absolute atomic E-state index is 13.9. The maximum atomic E-state index is 13.9.